The minimum atomic E-state index is -0.868. The molecule has 0 aliphatic heterocycles. The Morgan fingerprint density at radius 1 is 1.22 bits per heavy atom. The molecule has 1 atom stereocenters. The number of primary amides is 1. The van der Waals surface area contributed by atoms with Crippen LogP contribution >= 0.6 is 11.6 Å². The second-order valence-corrected chi connectivity index (χ2v) is 5.39. The number of benzene rings is 2. The van der Waals surface area contributed by atoms with E-state index in [9.17, 15) is 9.59 Å². The monoisotopic (exact) mass is 327 g/mol. The van der Waals surface area contributed by atoms with Crippen molar-refractivity contribution in [1.29, 1.82) is 5.26 Å². The molecule has 2 rings (SSSR count). The zero-order valence-electron chi connectivity index (χ0n) is 12.1. The fourth-order valence-electron chi connectivity index (χ4n) is 2.07. The third-order valence-electron chi connectivity index (χ3n) is 3.25. The molecule has 0 heterocycles. The second kappa shape index (κ2) is 7.43. The Bertz CT molecular complexity index is 766. The Balaban J connectivity index is 2.12. The molecule has 2 amide bonds. The molecule has 116 valence electrons. The summed E-state index contributed by atoms with van der Waals surface area (Å²) in [6.45, 7) is 0. The van der Waals surface area contributed by atoms with Crippen LogP contribution in [0.4, 0.5) is 0 Å². The number of hydrogen-bond donors (Lipinski definition) is 2. The Hall–Kier alpha value is -2.84. The van der Waals surface area contributed by atoms with Gasteiger partial charge in [0.2, 0.25) is 5.91 Å². The normalized spacial score (nSPS) is 11.3. The average Bonchev–Trinajstić information content (AvgIpc) is 2.54. The van der Waals surface area contributed by atoms with Gasteiger partial charge in [0.25, 0.3) is 5.91 Å². The zero-order valence-corrected chi connectivity index (χ0v) is 12.9. The summed E-state index contributed by atoms with van der Waals surface area (Å²) >= 11 is 5.78. The summed E-state index contributed by atoms with van der Waals surface area (Å²) in [4.78, 5) is 23.8. The van der Waals surface area contributed by atoms with Crippen molar-refractivity contribution in [2.45, 2.75) is 12.5 Å². The van der Waals surface area contributed by atoms with Gasteiger partial charge in [-0.1, -0.05) is 23.7 Å². The Labute approximate surface area is 138 Å². The van der Waals surface area contributed by atoms with Crippen molar-refractivity contribution in [2.75, 3.05) is 0 Å². The number of nitriles is 1. The molecular weight excluding hydrogens is 314 g/mol. The maximum Gasteiger partial charge on any atom is 0.251 e. The fourth-order valence-corrected chi connectivity index (χ4v) is 2.20. The topological polar surface area (TPSA) is 96.0 Å². The van der Waals surface area contributed by atoms with E-state index in [4.69, 9.17) is 22.6 Å². The van der Waals surface area contributed by atoms with Crippen molar-refractivity contribution in [3.8, 4) is 6.07 Å². The summed E-state index contributed by atoms with van der Waals surface area (Å²) in [7, 11) is 0. The van der Waals surface area contributed by atoms with E-state index in [0.29, 0.717) is 16.1 Å². The van der Waals surface area contributed by atoms with Gasteiger partial charge in [-0.3, -0.25) is 9.59 Å². The molecular formula is C17H14ClN3O2. The maximum atomic E-state index is 12.2. The molecule has 6 heteroatoms. The van der Waals surface area contributed by atoms with Gasteiger partial charge < -0.3 is 11.1 Å². The quantitative estimate of drug-likeness (QED) is 0.879. The van der Waals surface area contributed by atoms with Crippen LogP contribution in [0.15, 0.2) is 48.5 Å². The lowest BCUT2D eigenvalue weighted by atomic mass is 10.0. The zero-order chi connectivity index (χ0) is 16.8. The predicted octanol–water partition coefficient (Wildman–Crippen LogP) is 2.04. The number of carbonyl (C=O) groups excluding carboxylic acids is 2. The summed E-state index contributed by atoms with van der Waals surface area (Å²) in [5.74, 6) is -1.06. The van der Waals surface area contributed by atoms with Crippen LogP contribution in [0.1, 0.15) is 21.5 Å². The molecule has 0 fully saturated rings. The molecule has 0 radical (unpaired) electrons. The van der Waals surface area contributed by atoms with Gasteiger partial charge in [-0.2, -0.15) is 5.26 Å². The van der Waals surface area contributed by atoms with Gasteiger partial charge in [0.05, 0.1) is 11.6 Å². The lowest BCUT2D eigenvalue weighted by Crippen LogP contribution is -2.45. The molecule has 0 spiro atoms. The molecule has 0 unspecified atom stereocenters. The molecule has 0 bridgehead atoms. The van der Waals surface area contributed by atoms with Crippen LogP contribution in [0.2, 0.25) is 5.02 Å². The highest BCUT2D eigenvalue weighted by molar-refractivity contribution is 6.30. The first-order chi connectivity index (χ1) is 11.0. The summed E-state index contributed by atoms with van der Waals surface area (Å²) in [6.07, 6.45) is 0.212. The lowest BCUT2D eigenvalue weighted by molar-refractivity contribution is -0.119. The average molecular weight is 328 g/mol. The Kier molecular flexibility index (Phi) is 5.34. The molecule has 2 aromatic rings. The van der Waals surface area contributed by atoms with Crippen LogP contribution < -0.4 is 11.1 Å². The molecule has 0 aliphatic rings. The van der Waals surface area contributed by atoms with Crippen molar-refractivity contribution in [3.05, 3.63) is 70.2 Å². The first kappa shape index (κ1) is 16.5. The van der Waals surface area contributed by atoms with Gasteiger partial charge in [-0.15, -0.1) is 0 Å². The number of nitrogens with two attached hydrogens (primary N) is 1. The van der Waals surface area contributed by atoms with Gasteiger partial charge in [-0.05, 0) is 42.0 Å². The smallest absolute Gasteiger partial charge is 0.251 e. The summed E-state index contributed by atoms with van der Waals surface area (Å²) in [6, 6.07) is 14.3. The predicted molar refractivity (Wildman–Crippen MR) is 86.8 cm³/mol. The first-order valence-corrected chi connectivity index (χ1v) is 7.22. The molecule has 5 nitrogen and oxygen atoms in total. The van der Waals surface area contributed by atoms with Gasteiger partial charge in [0, 0.05) is 17.0 Å². The van der Waals surface area contributed by atoms with E-state index >= 15 is 0 Å². The molecule has 23 heavy (non-hydrogen) atoms. The van der Waals surface area contributed by atoms with Crippen molar-refractivity contribution in [2.24, 2.45) is 5.73 Å². The molecule has 0 aliphatic carbocycles. The highest BCUT2D eigenvalue weighted by Gasteiger charge is 2.19. The van der Waals surface area contributed by atoms with Gasteiger partial charge in [0.15, 0.2) is 0 Å². The van der Waals surface area contributed by atoms with E-state index in [-0.39, 0.29) is 6.42 Å². The second-order valence-electron chi connectivity index (χ2n) is 4.95. The minimum absolute atomic E-state index is 0.212. The van der Waals surface area contributed by atoms with E-state index in [1.807, 2.05) is 6.07 Å². The largest absolute Gasteiger partial charge is 0.368 e. The van der Waals surface area contributed by atoms with Crippen molar-refractivity contribution in [1.82, 2.24) is 5.32 Å². The van der Waals surface area contributed by atoms with Crippen LogP contribution in [0.3, 0.4) is 0 Å². The van der Waals surface area contributed by atoms with E-state index < -0.39 is 17.9 Å². The van der Waals surface area contributed by atoms with E-state index in [2.05, 4.69) is 5.32 Å². The van der Waals surface area contributed by atoms with Crippen molar-refractivity contribution in [3.63, 3.8) is 0 Å². The number of amides is 2. The lowest BCUT2D eigenvalue weighted by Gasteiger charge is -2.16. The van der Waals surface area contributed by atoms with Crippen LogP contribution in [0.25, 0.3) is 0 Å². The highest BCUT2D eigenvalue weighted by atomic mass is 35.5. The van der Waals surface area contributed by atoms with Crippen LogP contribution in [0, 0.1) is 11.3 Å². The maximum absolute atomic E-state index is 12.2. The molecule has 3 N–H and O–H groups in total. The van der Waals surface area contributed by atoms with E-state index in [1.54, 1.807) is 48.5 Å². The van der Waals surface area contributed by atoms with Gasteiger partial charge in [0.1, 0.15) is 6.04 Å². The van der Waals surface area contributed by atoms with Crippen molar-refractivity contribution >= 4 is 23.4 Å². The van der Waals surface area contributed by atoms with E-state index in [1.165, 1.54) is 0 Å². The fraction of sp³-hybridized carbons (Fsp3) is 0.118. The SMILES string of the molecule is N#Cc1cccc(C[C@H](NC(=O)c2ccc(Cl)cc2)C(N)=O)c1. The number of nitrogens with one attached hydrogen (secondary N) is 1. The highest BCUT2D eigenvalue weighted by Crippen LogP contribution is 2.11. The standard InChI is InChI=1S/C17H14ClN3O2/c18-14-6-4-13(5-7-14)17(23)21-15(16(20)22)9-11-2-1-3-12(8-11)10-19/h1-8,15H,9H2,(H2,20,22)(H,21,23)/t15-/m0/s1. The van der Waals surface area contributed by atoms with Crippen LogP contribution in [0.5, 0.6) is 0 Å². The summed E-state index contributed by atoms with van der Waals surface area (Å²) in [5.41, 5.74) is 6.97. The molecule has 0 aromatic heterocycles. The van der Waals surface area contributed by atoms with Crippen LogP contribution in [-0.2, 0) is 11.2 Å². The van der Waals surface area contributed by atoms with E-state index in [0.717, 1.165) is 5.56 Å². The first-order valence-electron chi connectivity index (χ1n) is 6.84. The molecule has 0 saturated carbocycles. The number of halogens is 1. The number of hydrogen-bond acceptors (Lipinski definition) is 3. The van der Waals surface area contributed by atoms with Gasteiger partial charge in [-0.25, -0.2) is 0 Å². The third-order valence-corrected chi connectivity index (χ3v) is 3.50. The summed E-state index contributed by atoms with van der Waals surface area (Å²) < 4.78 is 0. The Morgan fingerprint density at radius 2 is 1.91 bits per heavy atom. The summed E-state index contributed by atoms with van der Waals surface area (Å²) in [5, 5.41) is 12.0. The van der Waals surface area contributed by atoms with Crippen molar-refractivity contribution < 1.29 is 9.59 Å². The number of nitrogens with zero attached hydrogens (tertiary/aromatic N) is 1. The Morgan fingerprint density at radius 3 is 2.52 bits per heavy atom. The molecule has 0 saturated heterocycles. The minimum Gasteiger partial charge on any atom is -0.368 e. The van der Waals surface area contributed by atoms with Gasteiger partial charge >= 0.3 is 0 Å². The third kappa shape index (κ3) is 4.56. The number of rotatable bonds is 5. The van der Waals surface area contributed by atoms with Crippen LogP contribution in [-0.4, -0.2) is 17.9 Å². The number of carbonyl (C=O) groups is 2. The molecule has 2 aromatic carbocycles.